The van der Waals surface area contributed by atoms with Crippen molar-refractivity contribution in [2.45, 2.75) is 103 Å². The van der Waals surface area contributed by atoms with Crippen molar-refractivity contribution in [2.75, 3.05) is 6.61 Å². The van der Waals surface area contributed by atoms with Gasteiger partial charge >= 0.3 is 13.8 Å². The fourth-order valence-electron chi connectivity index (χ4n) is 3.87. The third-order valence-electron chi connectivity index (χ3n) is 5.00. The second-order valence-electron chi connectivity index (χ2n) is 8.79. The van der Waals surface area contributed by atoms with Crippen LogP contribution in [0.4, 0.5) is 0 Å². The Kier molecular flexibility index (Phi) is 8.29. The lowest BCUT2D eigenvalue weighted by atomic mass is 10.0. The lowest BCUT2D eigenvalue weighted by Gasteiger charge is -2.34. The molecule has 9 nitrogen and oxygen atoms in total. The van der Waals surface area contributed by atoms with Crippen LogP contribution in [0.3, 0.4) is 0 Å². The molecule has 170 valence electrons. The van der Waals surface area contributed by atoms with E-state index in [4.69, 9.17) is 18.7 Å². The van der Waals surface area contributed by atoms with Gasteiger partial charge in [-0.05, 0) is 53.4 Å². The second kappa shape index (κ2) is 9.73. The van der Waals surface area contributed by atoms with Crippen LogP contribution in [0.25, 0.3) is 0 Å². The van der Waals surface area contributed by atoms with Crippen molar-refractivity contribution >= 4 is 13.8 Å². The van der Waals surface area contributed by atoms with Crippen LogP contribution >= 0.6 is 7.82 Å². The Morgan fingerprint density at radius 2 is 1.90 bits per heavy atom. The number of carbonyl (C=O) groups is 1. The molecule has 0 spiro atoms. The van der Waals surface area contributed by atoms with Crippen molar-refractivity contribution in [1.82, 2.24) is 0 Å². The Labute approximate surface area is 172 Å². The molecule has 2 unspecified atom stereocenters. The minimum Gasteiger partial charge on any atom is -0.746 e. The van der Waals surface area contributed by atoms with Gasteiger partial charge in [-0.15, -0.1) is 0 Å². The van der Waals surface area contributed by atoms with Gasteiger partial charge in [0.2, 0.25) is 0 Å². The minimum atomic E-state index is -5.04. The number of phosphoric acid groups is 1. The Bertz CT molecular complexity index is 610. The third kappa shape index (κ3) is 6.99. The molecule has 2 fully saturated rings. The molecule has 1 aliphatic heterocycles. The molecule has 0 aromatic heterocycles. The number of hydrogen-bond acceptors (Lipinski definition) is 9. The average Bonchev–Trinajstić information content (AvgIpc) is 3.03. The molecule has 1 heterocycles. The molecule has 1 saturated carbocycles. The highest BCUT2D eigenvalue weighted by Gasteiger charge is 2.48. The summed E-state index contributed by atoms with van der Waals surface area (Å²) in [6.07, 6.45) is -2.28. The molecule has 2 aliphatic rings. The molecule has 29 heavy (non-hydrogen) atoms. The lowest BCUT2D eigenvalue weighted by molar-refractivity contribution is -0.238. The highest BCUT2D eigenvalue weighted by Crippen LogP contribution is 2.48. The van der Waals surface area contributed by atoms with Crippen molar-refractivity contribution in [1.29, 1.82) is 0 Å². The molecule has 0 aromatic rings. The summed E-state index contributed by atoms with van der Waals surface area (Å²) in [5.41, 5.74) is -1.47. The topological polar surface area (TPSA) is 124 Å². The van der Waals surface area contributed by atoms with Crippen LogP contribution in [0.1, 0.15) is 60.8 Å². The Balaban J connectivity index is 2.02. The maximum atomic E-state index is 12.4. The number of carbonyl (C=O) groups excluding carboxylic acids is 1. The van der Waals surface area contributed by atoms with Gasteiger partial charge in [0, 0.05) is 6.42 Å². The van der Waals surface area contributed by atoms with Gasteiger partial charge in [0.1, 0.15) is 5.60 Å². The largest absolute Gasteiger partial charge is 0.746 e. The summed E-state index contributed by atoms with van der Waals surface area (Å²) < 4.78 is 38.8. The van der Waals surface area contributed by atoms with Crippen molar-refractivity contribution in [3.05, 3.63) is 0 Å². The maximum absolute atomic E-state index is 12.4. The van der Waals surface area contributed by atoms with E-state index in [0.717, 1.165) is 0 Å². The van der Waals surface area contributed by atoms with Crippen molar-refractivity contribution in [3.8, 4) is 0 Å². The number of hydrogen-bond donors (Lipinski definition) is 1. The third-order valence-corrected chi connectivity index (χ3v) is 5.92. The van der Waals surface area contributed by atoms with Gasteiger partial charge in [0.15, 0.2) is 6.10 Å². The van der Waals surface area contributed by atoms with Gasteiger partial charge in [-0.2, -0.15) is 0 Å². The highest BCUT2D eigenvalue weighted by molar-refractivity contribution is 7.46. The van der Waals surface area contributed by atoms with Crippen LogP contribution in [-0.4, -0.2) is 59.9 Å². The van der Waals surface area contributed by atoms with E-state index >= 15 is 0 Å². The van der Waals surface area contributed by atoms with Crippen LogP contribution in [0.5, 0.6) is 0 Å². The standard InChI is InChI=1S/C19H35O9P/c1-11(2)24-10-19(21)9-13(5)7-16(19)27-29(22,23)28-18(20)17-15(25-12(3)4)8-14(6)26-17/h11-17,21H,7-10H2,1-6H3,(H,22,23)/p-1/t13-,14-,15?,16+,17-,19-/m0/s1. The summed E-state index contributed by atoms with van der Waals surface area (Å²) in [6.45, 7) is 10.8. The van der Waals surface area contributed by atoms with Gasteiger partial charge in [0.25, 0.3) is 0 Å². The molecule has 0 bridgehead atoms. The van der Waals surface area contributed by atoms with E-state index in [0.29, 0.717) is 19.3 Å². The summed E-state index contributed by atoms with van der Waals surface area (Å²) in [4.78, 5) is 24.9. The first-order chi connectivity index (χ1) is 13.3. The van der Waals surface area contributed by atoms with Crippen LogP contribution in [0.15, 0.2) is 0 Å². The quantitative estimate of drug-likeness (QED) is 0.539. The van der Waals surface area contributed by atoms with Crippen LogP contribution in [0.2, 0.25) is 0 Å². The Morgan fingerprint density at radius 1 is 1.24 bits per heavy atom. The first-order valence-electron chi connectivity index (χ1n) is 10.2. The molecular formula is C19H34O9P-. The maximum Gasteiger partial charge on any atom is 0.343 e. The number of rotatable bonds is 9. The Hall–Kier alpha value is -0.540. The normalized spacial score (nSPS) is 37.2. The molecule has 1 aliphatic carbocycles. The van der Waals surface area contributed by atoms with E-state index in [1.54, 1.807) is 6.92 Å². The molecular weight excluding hydrogens is 403 g/mol. The zero-order valence-corrected chi connectivity index (χ0v) is 18.9. The molecule has 0 aromatic carbocycles. The smallest absolute Gasteiger partial charge is 0.343 e. The van der Waals surface area contributed by atoms with Crippen molar-refractivity contribution in [2.24, 2.45) is 5.92 Å². The summed E-state index contributed by atoms with van der Waals surface area (Å²) in [6, 6.07) is 0. The predicted octanol–water partition coefficient (Wildman–Crippen LogP) is 1.94. The Morgan fingerprint density at radius 3 is 2.48 bits per heavy atom. The first kappa shape index (κ1) is 24.7. The van der Waals surface area contributed by atoms with Gasteiger partial charge in [-0.25, -0.2) is 4.79 Å². The minimum absolute atomic E-state index is 0.0271. The van der Waals surface area contributed by atoms with Gasteiger partial charge in [-0.1, -0.05) is 6.92 Å². The summed E-state index contributed by atoms with van der Waals surface area (Å²) in [5.74, 6) is -1.05. The lowest BCUT2D eigenvalue weighted by Crippen LogP contribution is -2.45. The zero-order valence-electron chi connectivity index (χ0n) is 18.0. The van der Waals surface area contributed by atoms with Gasteiger partial charge in [0.05, 0.1) is 37.1 Å². The zero-order chi connectivity index (χ0) is 22.0. The van der Waals surface area contributed by atoms with Crippen LogP contribution in [0, 0.1) is 5.92 Å². The highest BCUT2D eigenvalue weighted by atomic mass is 31.2. The molecule has 0 radical (unpaired) electrons. The van der Waals surface area contributed by atoms with Gasteiger partial charge < -0.3 is 33.3 Å². The summed E-state index contributed by atoms with van der Waals surface area (Å²) in [5, 5.41) is 10.9. The van der Waals surface area contributed by atoms with Gasteiger partial charge in [-0.3, -0.25) is 4.57 Å². The van der Waals surface area contributed by atoms with E-state index in [2.05, 4.69) is 4.52 Å². The van der Waals surface area contributed by atoms with Crippen LogP contribution in [-0.2, 0) is 32.6 Å². The average molecular weight is 437 g/mol. The summed E-state index contributed by atoms with van der Waals surface area (Å²) >= 11 is 0. The fourth-order valence-corrected chi connectivity index (χ4v) is 4.84. The SMILES string of the molecule is CC(C)OC[C@@]1(O)C[C@@H](C)C[C@H]1OP(=O)([O-])OC(=O)[C@H]1O[C@@H](C)CC1OC(C)C. The molecule has 1 N–H and O–H groups in total. The van der Waals surface area contributed by atoms with E-state index in [1.807, 2.05) is 34.6 Å². The fraction of sp³-hybridized carbons (Fsp3) is 0.947. The van der Waals surface area contributed by atoms with E-state index in [9.17, 15) is 19.4 Å². The second-order valence-corrected chi connectivity index (χ2v) is 10.1. The molecule has 0 amide bonds. The van der Waals surface area contributed by atoms with E-state index in [-0.39, 0.29) is 30.8 Å². The molecule has 1 saturated heterocycles. The first-order valence-corrected chi connectivity index (χ1v) is 11.6. The van der Waals surface area contributed by atoms with E-state index < -0.39 is 37.7 Å². The number of aliphatic hydroxyl groups is 1. The molecule has 2 rings (SSSR count). The summed E-state index contributed by atoms with van der Waals surface area (Å²) in [7, 11) is -5.04. The molecule has 10 heteroatoms. The van der Waals surface area contributed by atoms with Crippen LogP contribution < -0.4 is 4.89 Å². The number of ether oxygens (including phenoxy) is 3. The predicted molar refractivity (Wildman–Crippen MR) is 102 cm³/mol. The molecule has 7 atom stereocenters. The van der Waals surface area contributed by atoms with Crippen molar-refractivity contribution in [3.63, 3.8) is 0 Å². The van der Waals surface area contributed by atoms with Crippen molar-refractivity contribution < 1.29 is 42.6 Å². The van der Waals surface area contributed by atoms with E-state index in [1.165, 1.54) is 0 Å². The number of phosphoric ester groups is 1. The monoisotopic (exact) mass is 437 g/mol.